The molecule has 1 aromatic carbocycles. The number of furan rings is 1. The van der Waals surface area contributed by atoms with E-state index in [1.54, 1.807) is 42.6 Å². The lowest BCUT2D eigenvalue weighted by molar-refractivity contribution is 0.0735. The Morgan fingerprint density at radius 3 is 2.67 bits per heavy atom. The van der Waals surface area contributed by atoms with Gasteiger partial charge in [-0.3, -0.25) is 14.6 Å². The third-order valence-corrected chi connectivity index (χ3v) is 4.72. The molecule has 0 bridgehead atoms. The number of likely N-dealkylation sites (tertiary alicyclic amines) is 1. The van der Waals surface area contributed by atoms with Crippen LogP contribution < -0.4 is 5.32 Å². The summed E-state index contributed by atoms with van der Waals surface area (Å²) in [6.07, 6.45) is 6.92. The molecule has 6 heteroatoms. The van der Waals surface area contributed by atoms with Crippen LogP contribution in [0.15, 0.2) is 71.6 Å². The van der Waals surface area contributed by atoms with Gasteiger partial charge in [0.1, 0.15) is 0 Å². The molecule has 2 amide bonds. The first kappa shape index (κ1) is 17.0. The standard InChI is InChI=1S/C21H19N3O3/c25-20(19-6-3-13-27-19)23-17-9-7-15(8-10-17)21(26)24-12-2-5-18(24)16-4-1-11-22-14-16/h1,3-4,6-11,13-14,18H,2,5,12H2,(H,23,25)/t18-/m0/s1. The van der Waals surface area contributed by atoms with Crippen molar-refractivity contribution in [3.8, 4) is 0 Å². The number of anilines is 1. The van der Waals surface area contributed by atoms with Gasteiger partial charge in [-0.1, -0.05) is 6.07 Å². The van der Waals surface area contributed by atoms with Crippen LogP contribution in [0.4, 0.5) is 5.69 Å². The number of aromatic nitrogens is 1. The van der Waals surface area contributed by atoms with Gasteiger partial charge < -0.3 is 14.6 Å². The number of hydrogen-bond acceptors (Lipinski definition) is 4. The SMILES string of the molecule is O=C(Nc1ccc(C(=O)N2CCC[C@H]2c2cccnc2)cc1)c1ccco1. The van der Waals surface area contributed by atoms with Crippen LogP contribution in [-0.2, 0) is 0 Å². The normalized spacial score (nSPS) is 16.3. The van der Waals surface area contributed by atoms with E-state index in [9.17, 15) is 9.59 Å². The summed E-state index contributed by atoms with van der Waals surface area (Å²) in [6, 6.07) is 14.1. The van der Waals surface area contributed by atoms with Gasteiger partial charge in [0.15, 0.2) is 5.76 Å². The van der Waals surface area contributed by atoms with Crippen LogP contribution in [0, 0.1) is 0 Å². The third kappa shape index (κ3) is 3.60. The van der Waals surface area contributed by atoms with Crippen molar-refractivity contribution in [2.24, 2.45) is 0 Å². The fourth-order valence-electron chi connectivity index (χ4n) is 3.39. The average Bonchev–Trinajstić information content (AvgIpc) is 3.41. The van der Waals surface area contributed by atoms with Crippen molar-refractivity contribution in [3.05, 3.63) is 84.1 Å². The second-order valence-electron chi connectivity index (χ2n) is 6.45. The number of carbonyl (C=O) groups is 2. The zero-order chi connectivity index (χ0) is 18.6. The molecule has 6 nitrogen and oxygen atoms in total. The maximum atomic E-state index is 13.0. The molecular weight excluding hydrogens is 342 g/mol. The Balaban J connectivity index is 1.47. The number of amides is 2. The Kier molecular flexibility index (Phi) is 4.70. The largest absolute Gasteiger partial charge is 0.459 e. The maximum Gasteiger partial charge on any atom is 0.291 e. The quantitative estimate of drug-likeness (QED) is 0.765. The molecular formula is C21H19N3O3. The highest BCUT2D eigenvalue weighted by molar-refractivity contribution is 6.02. The van der Waals surface area contributed by atoms with Crippen molar-refractivity contribution in [3.63, 3.8) is 0 Å². The van der Waals surface area contributed by atoms with E-state index >= 15 is 0 Å². The Labute approximate surface area is 156 Å². The number of nitrogens with one attached hydrogen (secondary N) is 1. The van der Waals surface area contributed by atoms with E-state index in [0.717, 1.165) is 24.9 Å². The Bertz CT molecular complexity index is 921. The van der Waals surface area contributed by atoms with Crippen LogP contribution in [0.1, 0.15) is 45.4 Å². The van der Waals surface area contributed by atoms with Crippen LogP contribution in [-0.4, -0.2) is 28.2 Å². The lowest BCUT2D eigenvalue weighted by Crippen LogP contribution is -2.30. The van der Waals surface area contributed by atoms with Gasteiger partial charge in [0.2, 0.25) is 0 Å². The lowest BCUT2D eigenvalue weighted by atomic mass is 10.1. The second kappa shape index (κ2) is 7.45. The van der Waals surface area contributed by atoms with Crippen molar-refractivity contribution in [2.45, 2.75) is 18.9 Å². The number of pyridine rings is 1. The molecule has 1 fully saturated rings. The van der Waals surface area contributed by atoms with Gasteiger partial charge in [-0.25, -0.2) is 0 Å². The van der Waals surface area contributed by atoms with Crippen LogP contribution in [0.3, 0.4) is 0 Å². The molecule has 1 aliphatic heterocycles. The fourth-order valence-corrected chi connectivity index (χ4v) is 3.39. The molecule has 136 valence electrons. The van der Waals surface area contributed by atoms with E-state index in [4.69, 9.17) is 4.42 Å². The van der Waals surface area contributed by atoms with Crippen LogP contribution >= 0.6 is 0 Å². The fraction of sp³-hybridized carbons (Fsp3) is 0.190. The summed E-state index contributed by atoms with van der Waals surface area (Å²) >= 11 is 0. The van der Waals surface area contributed by atoms with Crippen molar-refractivity contribution in [2.75, 3.05) is 11.9 Å². The molecule has 1 N–H and O–H groups in total. The van der Waals surface area contributed by atoms with Crippen LogP contribution in [0.5, 0.6) is 0 Å². The van der Waals surface area contributed by atoms with Crippen molar-refractivity contribution in [1.82, 2.24) is 9.88 Å². The topological polar surface area (TPSA) is 75.4 Å². The molecule has 0 radical (unpaired) electrons. The van der Waals surface area contributed by atoms with E-state index in [-0.39, 0.29) is 23.6 Å². The third-order valence-electron chi connectivity index (χ3n) is 4.72. The minimum absolute atomic E-state index is 0.00901. The molecule has 0 saturated carbocycles. The summed E-state index contributed by atoms with van der Waals surface area (Å²) < 4.78 is 5.07. The van der Waals surface area contributed by atoms with Crippen molar-refractivity contribution >= 4 is 17.5 Å². The second-order valence-corrected chi connectivity index (χ2v) is 6.45. The molecule has 2 aromatic heterocycles. The van der Waals surface area contributed by atoms with E-state index in [0.29, 0.717) is 11.3 Å². The molecule has 3 heterocycles. The number of benzene rings is 1. The first-order valence-corrected chi connectivity index (χ1v) is 8.88. The summed E-state index contributed by atoms with van der Waals surface area (Å²) in [5.74, 6) is -0.0907. The van der Waals surface area contributed by atoms with E-state index in [1.165, 1.54) is 6.26 Å². The first-order chi connectivity index (χ1) is 13.2. The molecule has 0 unspecified atom stereocenters. The van der Waals surface area contributed by atoms with Gasteiger partial charge in [0.05, 0.1) is 12.3 Å². The summed E-state index contributed by atoms with van der Waals surface area (Å²) in [5, 5.41) is 2.75. The molecule has 0 aliphatic carbocycles. The Hall–Kier alpha value is -3.41. The smallest absolute Gasteiger partial charge is 0.291 e. The van der Waals surface area contributed by atoms with E-state index in [1.807, 2.05) is 23.2 Å². The number of hydrogen-bond donors (Lipinski definition) is 1. The van der Waals surface area contributed by atoms with Gasteiger partial charge in [-0.15, -0.1) is 0 Å². The van der Waals surface area contributed by atoms with Crippen molar-refractivity contribution < 1.29 is 14.0 Å². The number of carbonyl (C=O) groups excluding carboxylic acids is 2. The van der Waals surface area contributed by atoms with Gasteiger partial charge in [-0.2, -0.15) is 0 Å². The zero-order valence-electron chi connectivity index (χ0n) is 14.7. The minimum atomic E-state index is -0.324. The zero-order valence-corrected chi connectivity index (χ0v) is 14.7. The molecule has 3 aromatic rings. The van der Waals surface area contributed by atoms with Gasteiger partial charge in [-0.05, 0) is 60.9 Å². The lowest BCUT2D eigenvalue weighted by Gasteiger charge is -2.25. The maximum absolute atomic E-state index is 13.0. The predicted molar refractivity (Wildman–Crippen MR) is 100 cm³/mol. The van der Waals surface area contributed by atoms with E-state index < -0.39 is 0 Å². The van der Waals surface area contributed by atoms with Gasteiger partial charge in [0, 0.05) is 30.2 Å². The summed E-state index contributed by atoms with van der Waals surface area (Å²) in [4.78, 5) is 31.0. The monoisotopic (exact) mass is 361 g/mol. The molecule has 1 aliphatic rings. The molecule has 27 heavy (non-hydrogen) atoms. The highest BCUT2D eigenvalue weighted by atomic mass is 16.3. The Morgan fingerprint density at radius 1 is 1.11 bits per heavy atom. The highest BCUT2D eigenvalue weighted by Gasteiger charge is 2.30. The van der Waals surface area contributed by atoms with Crippen LogP contribution in [0.25, 0.3) is 0 Å². The summed E-state index contributed by atoms with van der Waals surface area (Å²) in [7, 11) is 0. The molecule has 1 saturated heterocycles. The van der Waals surface area contributed by atoms with E-state index in [2.05, 4.69) is 10.3 Å². The average molecular weight is 361 g/mol. The minimum Gasteiger partial charge on any atom is -0.459 e. The first-order valence-electron chi connectivity index (χ1n) is 8.88. The van der Waals surface area contributed by atoms with Gasteiger partial charge in [0.25, 0.3) is 11.8 Å². The summed E-state index contributed by atoms with van der Waals surface area (Å²) in [6.45, 7) is 0.732. The predicted octanol–water partition coefficient (Wildman–Crippen LogP) is 3.90. The van der Waals surface area contributed by atoms with Crippen molar-refractivity contribution in [1.29, 1.82) is 0 Å². The van der Waals surface area contributed by atoms with Gasteiger partial charge >= 0.3 is 0 Å². The number of rotatable bonds is 4. The number of nitrogens with zero attached hydrogens (tertiary/aromatic N) is 2. The molecule has 1 atom stereocenters. The molecule has 4 rings (SSSR count). The highest BCUT2D eigenvalue weighted by Crippen LogP contribution is 2.32. The Morgan fingerprint density at radius 2 is 1.96 bits per heavy atom. The molecule has 0 spiro atoms. The summed E-state index contributed by atoms with van der Waals surface area (Å²) in [5.41, 5.74) is 2.27. The van der Waals surface area contributed by atoms with Crippen LogP contribution in [0.2, 0.25) is 0 Å².